The van der Waals surface area contributed by atoms with Gasteiger partial charge in [0.1, 0.15) is 5.75 Å². The van der Waals surface area contributed by atoms with E-state index in [-0.39, 0.29) is 0 Å². The van der Waals surface area contributed by atoms with Crippen LogP contribution < -0.4 is 10.5 Å². The van der Waals surface area contributed by atoms with Crippen LogP contribution in [-0.4, -0.2) is 39.5 Å². The SMILES string of the molecule is COc1ccc(S(=O)(=O)N2CCC(C)CC2)c(CCN)c1. The second-order valence-electron chi connectivity index (χ2n) is 5.60. The zero-order chi connectivity index (χ0) is 15.5. The maximum Gasteiger partial charge on any atom is 0.243 e. The van der Waals surface area contributed by atoms with Gasteiger partial charge in [0.05, 0.1) is 12.0 Å². The van der Waals surface area contributed by atoms with E-state index in [1.165, 1.54) is 0 Å². The number of nitrogens with two attached hydrogens (primary N) is 1. The van der Waals surface area contributed by atoms with Crippen LogP contribution in [0.4, 0.5) is 0 Å². The molecule has 1 aliphatic heterocycles. The molecule has 2 N–H and O–H groups in total. The average Bonchev–Trinajstić information content (AvgIpc) is 2.47. The van der Waals surface area contributed by atoms with Crippen LogP contribution in [0.15, 0.2) is 23.1 Å². The molecule has 1 aromatic rings. The molecule has 1 aromatic carbocycles. The van der Waals surface area contributed by atoms with Crippen LogP contribution in [0.3, 0.4) is 0 Å². The fourth-order valence-electron chi connectivity index (χ4n) is 2.65. The third-order valence-corrected chi connectivity index (χ3v) is 6.04. The number of methoxy groups -OCH3 is 1. The lowest BCUT2D eigenvalue weighted by atomic mass is 10.0. The molecule has 0 aliphatic carbocycles. The fourth-order valence-corrected chi connectivity index (χ4v) is 4.35. The second kappa shape index (κ2) is 6.77. The molecule has 118 valence electrons. The van der Waals surface area contributed by atoms with Gasteiger partial charge in [0.2, 0.25) is 10.0 Å². The van der Waals surface area contributed by atoms with E-state index in [1.807, 2.05) is 0 Å². The Morgan fingerprint density at radius 2 is 2.00 bits per heavy atom. The van der Waals surface area contributed by atoms with Crippen molar-refractivity contribution in [1.82, 2.24) is 4.31 Å². The standard InChI is InChI=1S/C15H24N2O3S/c1-12-6-9-17(10-7-12)21(18,19)15-4-3-14(20-2)11-13(15)5-8-16/h3-4,11-12H,5-10,16H2,1-2H3. The molecule has 0 aromatic heterocycles. The highest BCUT2D eigenvalue weighted by Crippen LogP contribution is 2.28. The minimum atomic E-state index is -3.44. The van der Waals surface area contributed by atoms with Crippen LogP contribution in [0.25, 0.3) is 0 Å². The van der Waals surface area contributed by atoms with Crippen LogP contribution in [0, 0.1) is 5.92 Å². The third-order valence-electron chi connectivity index (χ3n) is 4.04. The Hall–Kier alpha value is -1.11. The summed E-state index contributed by atoms with van der Waals surface area (Å²) in [5, 5.41) is 0. The summed E-state index contributed by atoms with van der Waals surface area (Å²) in [5.41, 5.74) is 6.34. The first-order chi connectivity index (χ1) is 9.98. The van der Waals surface area contributed by atoms with Gasteiger partial charge in [0.15, 0.2) is 0 Å². The van der Waals surface area contributed by atoms with Gasteiger partial charge in [-0.3, -0.25) is 0 Å². The third kappa shape index (κ3) is 3.56. The lowest BCUT2D eigenvalue weighted by Gasteiger charge is -2.30. The first-order valence-electron chi connectivity index (χ1n) is 7.36. The summed E-state index contributed by atoms with van der Waals surface area (Å²) in [6.07, 6.45) is 2.36. The fraction of sp³-hybridized carbons (Fsp3) is 0.600. The number of benzene rings is 1. The van der Waals surface area contributed by atoms with Gasteiger partial charge in [0, 0.05) is 13.1 Å². The Kier molecular flexibility index (Phi) is 5.24. The lowest BCUT2D eigenvalue weighted by Crippen LogP contribution is -2.38. The van der Waals surface area contributed by atoms with Crippen LogP contribution >= 0.6 is 0 Å². The lowest BCUT2D eigenvalue weighted by molar-refractivity contribution is 0.288. The van der Waals surface area contributed by atoms with E-state index in [1.54, 1.807) is 29.6 Å². The van der Waals surface area contributed by atoms with Gasteiger partial charge in [-0.05, 0) is 55.5 Å². The van der Waals surface area contributed by atoms with E-state index in [0.717, 1.165) is 18.4 Å². The molecule has 1 aliphatic rings. The molecule has 5 nitrogen and oxygen atoms in total. The van der Waals surface area contributed by atoms with Crippen molar-refractivity contribution in [3.63, 3.8) is 0 Å². The molecular weight excluding hydrogens is 288 g/mol. The number of sulfonamides is 1. The molecule has 0 spiro atoms. The molecule has 21 heavy (non-hydrogen) atoms. The molecule has 0 atom stereocenters. The summed E-state index contributed by atoms with van der Waals surface area (Å²) in [6, 6.07) is 5.10. The minimum Gasteiger partial charge on any atom is -0.497 e. The van der Waals surface area contributed by atoms with Gasteiger partial charge in [-0.2, -0.15) is 4.31 Å². The Bertz CT molecular complexity index is 579. The second-order valence-corrected chi connectivity index (χ2v) is 7.51. The molecule has 6 heteroatoms. The molecule has 1 saturated heterocycles. The monoisotopic (exact) mass is 312 g/mol. The maximum atomic E-state index is 12.8. The molecule has 1 fully saturated rings. The molecule has 1 heterocycles. The van der Waals surface area contributed by atoms with E-state index < -0.39 is 10.0 Å². The van der Waals surface area contributed by atoms with Crippen LogP contribution in [0.1, 0.15) is 25.3 Å². The summed E-state index contributed by atoms with van der Waals surface area (Å²) < 4.78 is 32.4. The van der Waals surface area contributed by atoms with Crippen LogP contribution in [0.2, 0.25) is 0 Å². The van der Waals surface area contributed by atoms with Crippen molar-refractivity contribution in [3.05, 3.63) is 23.8 Å². The van der Waals surface area contributed by atoms with Gasteiger partial charge < -0.3 is 10.5 Å². The first-order valence-corrected chi connectivity index (χ1v) is 8.80. The van der Waals surface area contributed by atoms with Gasteiger partial charge in [-0.1, -0.05) is 6.92 Å². The highest BCUT2D eigenvalue weighted by Gasteiger charge is 2.29. The molecule has 0 bridgehead atoms. The van der Waals surface area contributed by atoms with Crippen molar-refractivity contribution in [3.8, 4) is 5.75 Å². The molecule has 0 saturated carbocycles. The smallest absolute Gasteiger partial charge is 0.243 e. The number of ether oxygens (including phenoxy) is 1. The van der Waals surface area contributed by atoms with Crippen molar-refractivity contribution >= 4 is 10.0 Å². The number of rotatable bonds is 5. The summed E-state index contributed by atoms with van der Waals surface area (Å²) >= 11 is 0. The van der Waals surface area contributed by atoms with Crippen LogP contribution in [-0.2, 0) is 16.4 Å². The maximum absolute atomic E-state index is 12.8. The minimum absolute atomic E-state index is 0.364. The Morgan fingerprint density at radius 1 is 1.33 bits per heavy atom. The van der Waals surface area contributed by atoms with Crippen molar-refractivity contribution in [2.45, 2.75) is 31.1 Å². The van der Waals surface area contributed by atoms with E-state index in [4.69, 9.17) is 10.5 Å². The van der Waals surface area contributed by atoms with E-state index in [0.29, 0.717) is 42.6 Å². The average molecular weight is 312 g/mol. The number of hydrogen-bond acceptors (Lipinski definition) is 4. The summed E-state index contributed by atoms with van der Waals surface area (Å²) in [7, 11) is -1.87. The van der Waals surface area contributed by atoms with Gasteiger partial charge in [0.25, 0.3) is 0 Å². The normalized spacial score (nSPS) is 17.9. The van der Waals surface area contributed by atoms with Crippen molar-refractivity contribution < 1.29 is 13.2 Å². The number of piperidine rings is 1. The van der Waals surface area contributed by atoms with E-state index in [2.05, 4.69) is 6.92 Å². The van der Waals surface area contributed by atoms with E-state index in [9.17, 15) is 8.42 Å². The number of nitrogens with zero attached hydrogens (tertiary/aromatic N) is 1. The van der Waals surface area contributed by atoms with Crippen molar-refractivity contribution in [2.75, 3.05) is 26.7 Å². The Morgan fingerprint density at radius 3 is 2.57 bits per heavy atom. The molecule has 0 unspecified atom stereocenters. The van der Waals surface area contributed by atoms with Crippen molar-refractivity contribution in [1.29, 1.82) is 0 Å². The molecular formula is C15H24N2O3S. The predicted molar refractivity (Wildman–Crippen MR) is 82.9 cm³/mol. The van der Waals surface area contributed by atoms with Crippen LogP contribution in [0.5, 0.6) is 5.75 Å². The Labute approximate surface area is 127 Å². The number of hydrogen-bond donors (Lipinski definition) is 1. The van der Waals surface area contributed by atoms with Gasteiger partial charge in [-0.15, -0.1) is 0 Å². The zero-order valence-corrected chi connectivity index (χ0v) is 13.5. The van der Waals surface area contributed by atoms with E-state index >= 15 is 0 Å². The first kappa shape index (κ1) is 16.3. The zero-order valence-electron chi connectivity index (χ0n) is 12.7. The summed E-state index contributed by atoms with van der Waals surface area (Å²) in [6.45, 7) is 3.76. The summed E-state index contributed by atoms with van der Waals surface area (Å²) in [4.78, 5) is 0.364. The van der Waals surface area contributed by atoms with Gasteiger partial charge in [-0.25, -0.2) is 8.42 Å². The topological polar surface area (TPSA) is 72.6 Å². The quantitative estimate of drug-likeness (QED) is 0.896. The van der Waals surface area contributed by atoms with Gasteiger partial charge >= 0.3 is 0 Å². The molecule has 0 amide bonds. The molecule has 0 radical (unpaired) electrons. The highest BCUT2D eigenvalue weighted by atomic mass is 32.2. The van der Waals surface area contributed by atoms with Crippen molar-refractivity contribution in [2.24, 2.45) is 11.7 Å². The summed E-state index contributed by atoms with van der Waals surface area (Å²) in [5.74, 6) is 1.25. The molecule has 2 rings (SSSR count). The largest absolute Gasteiger partial charge is 0.497 e. The predicted octanol–water partition coefficient (Wildman–Crippen LogP) is 1.62. The highest BCUT2D eigenvalue weighted by molar-refractivity contribution is 7.89. The Balaban J connectivity index is 2.34.